The third-order valence-electron chi connectivity index (χ3n) is 4.70. The number of carbonyl (C=O) groups excluding carboxylic acids is 1. The predicted octanol–water partition coefficient (Wildman–Crippen LogP) is 3.65. The summed E-state index contributed by atoms with van der Waals surface area (Å²) in [7, 11) is 0. The number of carbonyl (C=O) groups is 1. The first-order valence-corrected chi connectivity index (χ1v) is 8.52. The Morgan fingerprint density at radius 3 is 2.21 bits per heavy atom. The number of nitrogens with zero attached hydrogens (tertiary/aromatic N) is 2. The fourth-order valence-electron chi connectivity index (χ4n) is 3.04. The van der Waals surface area contributed by atoms with Gasteiger partial charge in [-0.05, 0) is 36.6 Å². The van der Waals surface area contributed by atoms with E-state index < -0.39 is 0 Å². The summed E-state index contributed by atoms with van der Waals surface area (Å²) in [6, 6.07) is 16.4. The first-order chi connectivity index (χ1) is 11.6. The van der Waals surface area contributed by atoms with E-state index in [1.54, 1.807) is 0 Å². The molecule has 1 aliphatic rings. The molecule has 1 fully saturated rings. The second kappa shape index (κ2) is 7.49. The van der Waals surface area contributed by atoms with E-state index in [0.29, 0.717) is 0 Å². The van der Waals surface area contributed by atoms with Crippen LogP contribution in [0.3, 0.4) is 0 Å². The maximum Gasteiger partial charge on any atom is 0.321 e. The standard InChI is InChI=1S/C20H25N3O/c1-16-7-3-5-9-18(16)15-22-11-13-23(14-12-22)20(24)21-19-10-6-4-8-17(19)2/h3-10H,11-15H2,1-2H3,(H,21,24). The molecule has 2 amide bonds. The van der Waals surface area contributed by atoms with Gasteiger partial charge in [0.25, 0.3) is 0 Å². The fraction of sp³-hybridized carbons (Fsp3) is 0.350. The Hall–Kier alpha value is -2.33. The van der Waals surface area contributed by atoms with E-state index in [4.69, 9.17) is 0 Å². The van der Waals surface area contributed by atoms with Crippen molar-refractivity contribution in [3.8, 4) is 0 Å². The van der Waals surface area contributed by atoms with Crippen LogP contribution in [-0.2, 0) is 6.54 Å². The van der Waals surface area contributed by atoms with E-state index in [0.717, 1.165) is 44.0 Å². The molecule has 2 aromatic rings. The number of hydrogen-bond acceptors (Lipinski definition) is 2. The third-order valence-corrected chi connectivity index (χ3v) is 4.70. The zero-order valence-corrected chi connectivity index (χ0v) is 14.5. The normalized spacial score (nSPS) is 15.3. The Labute approximate surface area is 144 Å². The van der Waals surface area contributed by atoms with Gasteiger partial charge in [-0.1, -0.05) is 42.5 Å². The first kappa shape index (κ1) is 16.5. The first-order valence-electron chi connectivity index (χ1n) is 8.52. The molecular weight excluding hydrogens is 298 g/mol. The number of benzene rings is 2. The largest absolute Gasteiger partial charge is 0.322 e. The monoisotopic (exact) mass is 323 g/mol. The number of para-hydroxylation sites is 1. The molecule has 0 bridgehead atoms. The average molecular weight is 323 g/mol. The number of urea groups is 1. The highest BCUT2D eigenvalue weighted by atomic mass is 16.2. The van der Waals surface area contributed by atoms with Gasteiger partial charge in [0.2, 0.25) is 0 Å². The van der Waals surface area contributed by atoms with Crippen molar-refractivity contribution in [1.82, 2.24) is 9.80 Å². The van der Waals surface area contributed by atoms with Gasteiger partial charge in [0.1, 0.15) is 0 Å². The van der Waals surface area contributed by atoms with Gasteiger partial charge in [-0.15, -0.1) is 0 Å². The van der Waals surface area contributed by atoms with E-state index in [9.17, 15) is 4.79 Å². The Kier molecular flexibility index (Phi) is 5.16. The van der Waals surface area contributed by atoms with Crippen LogP contribution >= 0.6 is 0 Å². The molecule has 1 heterocycles. The Morgan fingerprint density at radius 1 is 0.917 bits per heavy atom. The molecule has 1 aliphatic heterocycles. The summed E-state index contributed by atoms with van der Waals surface area (Å²) in [5, 5.41) is 3.02. The molecule has 0 spiro atoms. The van der Waals surface area contributed by atoms with Crippen molar-refractivity contribution in [2.24, 2.45) is 0 Å². The van der Waals surface area contributed by atoms with Crippen LogP contribution in [0.2, 0.25) is 0 Å². The second-order valence-corrected chi connectivity index (χ2v) is 6.43. The van der Waals surface area contributed by atoms with Crippen LogP contribution in [0.1, 0.15) is 16.7 Å². The van der Waals surface area contributed by atoms with Gasteiger partial charge in [-0.3, -0.25) is 4.90 Å². The van der Waals surface area contributed by atoms with E-state index in [-0.39, 0.29) is 6.03 Å². The molecule has 24 heavy (non-hydrogen) atoms. The summed E-state index contributed by atoms with van der Waals surface area (Å²) in [5.41, 5.74) is 4.68. The lowest BCUT2D eigenvalue weighted by atomic mass is 10.1. The molecular formula is C20H25N3O. The molecule has 0 saturated carbocycles. The molecule has 0 atom stereocenters. The lowest BCUT2D eigenvalue weighted by Gasteiger charge is -2.35. The molecule has 0 aromatic heterocycles. The van der Waals surface area contributed by atoms with Crippen LogP contribution in [-0.4, -0.2) is 42.0 Å². The number of rotatable bonds is 3. The minimum Gasteiger partial charge on any atom is -0.322 e. The molecule has 0 unspecified atom stereocenters. The molecule has 1 saturated heterocycles. The molecule has 2 aromatic carbocycles. The van der Waals surface area contributed by atoms with Crippen molar-refractivity contribution >= 4 is 11.7 Å². The average Bonchev–Trinajstić information content (AvgIpc) is 2.59. The number of aryl methyl sites for hydroxylation is 2. The molecule has 3 rings (SSSR count). The van der Waals surface area contributed by atoms with Crippen molar-refractivity contribution < 1.29 is 4.79 Å². The maximum atomic E-state index is 12.4. The highest BCUT2D eigenvalue weighted by Crippen LogP contribution is 2.16. The van der Waals surface area contributed by atoms with Crippen molar-refractivity contribution in [1.29, 1.82) is 0 Å². The van der Waals surface area contributed by atoms with Gasteiger partial charge in [0.05, 0.1) is 0 Å². The highest BCUT2D eigenvalue weighted by Gasteiger charge is 2.21. The van der Waals surface area contributed by atoms with Gasteiger partial charge in [0, 0.05) is 38.4 Å². The van der Waals surface area contributed by atoms with Crippen molar-refractivity contribution in [2.45, 2.75) is 20.4 Å². The van der Waals surface area contributed by atoms with Crippen molar-refractivity contribution in [3.05, 3.63) is 65.2 Å². The van der Waals surface area contributed by atoms with Crippen LogP contribution in [0.15, 0.2) is 48.5 Å². The third kappa shape index (κ3) is 3.95. The number of nitrogens with one attached hydrogen (secondary N) is 1. The van der Waals surface area contributed by atoms with Gasteiger partial charge in [-0.2, -0.15) is 0 Å². The van der Waals surface area contributed by atoms with Crippen LogP contribution < -0.4 is 5.32 Å². The number of piperazine rings is 1. The van der Waals surface area contributed by atoms with Crippen molar-refractivity contribution in [3.63, 3.8) is 0 Å². The molecule has 4 heteroatoms. The van der Waals surface area contributed by atoms with Gasteiger partial charge in [0.15, 0.2) is 0 Å². The van der Waals surface area contributed by atoms with Crippen LogP contribution in [0.4, 0.5) is 10.5 Å². The quantitative estimate of drug-likeness (QED) is 0.936. The van der Waals surface area contributed by atoms with Crippen LogP contribution in [0, 0.1) is 13.8 Å². The van der Waals surface area contributed by atoms with E-state index in [1.165, 1.54) is 11.1 Å². The Balaban J connectivity index is 1.52. The Morgan fingerprint density at radius 2 is 1.54 bits per heavy atom. The van der Waals surface area contributed by atoms with E-state index in [2.05, 4.69) is 41.4 Å². The topological polar surface area (TPSA) is 35.6 Å². The molecule has 0 radical (unpaired) electrons. The van der Waals surface area contributed by atoms with Gasteiger partial charge >= 0.3 is 6.03 Å². The minimum atomic E-state index is -0.000147. The zero-order chi connectivity index (χ0) is 16.9. The predicted molar refractivity (Wildman–Crippen MR) is 98.2 cm³/mol. The maximum absolute atomic E-state index is 12.4. The smallest absolute Gasteiger partial charge is 0.321 e. The molecule has 4 nitrogen and oxygen atoms in total. The number of amides is 2. The van der Waals surface area contributed by atoms with Gasteiger partial charge in [-0.25, -0.2) is 4.79 Å². The summed E-state index contributed by atoms with van der Waals surface area (Å²) in [5.74, 6) is 0. The van der Waals surface area contributed by atoms with Crippen LogP contribution in [0.25, 0.3) is 0 Å². The lowest BCUT2D eigenvalue weighted by Crippen LogP contribution is -2.49. The number of hydrogen-bond donors (Lipinski definition) is 1. The second-order valence-electron chi connectivity index (χ2n) is 6.43. The van der Waals surface area contributed by atoms with Crippen LogP contribution in [0.5, 0.6) is 0 Å². The molecule has 126 valence electrons. The van der Waals surface area contributed by atoms with E-state index >= 15 is 0 Å². The summed E-state index contributed by atoms with van der Waals surface area (Å²) in [6.45, 7) is 8.48. The summed E-state index contributed by atoms with van der Waals surface area (Å²) in [4.78, 5) is 16.8. The summed E-state index contributed by atoms with van der Waals surface area (Å²) < 4.78 is 0. The summed E-state index contributed by atoms with van der Waals surface area (Å²) >= 11 is 0. The SMILES string of the molecule is Cc1ccccc1CN1CCN(C(=O)Nc2ccccc2C)CC1. The fourth-order valence-corrected chi connectivity index (χ4v) is 3.04. The molecule has 0 aliphatic carbocycles. The van der Waals surface area contributed by atoms with E-state index in [1.807, 2.05) is 36.1 Å². The summed E-state index contributed by atoms with van der Waals surface area (Å²) in [6.07, 6.45) is 0. The number of anilines is 1. The minimum absolute atomic E-state index is 0.000147. The lowest BCUT2D eigenvalue weighted by molar-refractivity contribution is 0.143. The molecule has 1 N–H and O–H groups in total. The zero-order valence-electron chi connectivity index (χ0n) is 14.5. The highest BCUT2D eigenvalue weighted by molar-refractivity contribution is 5.90. The van der Waals surface area contributed by atoms with Gasteiger partial charge < -0.3 is 10.2 Å². The Bertz CT molecular complexity index is 706. The van der Waals surface area contributed by atoms with Crippen molar-refractivity contribution in [2.75, 3.05) is 31.5 Å².